The maximum absolute atomic E-state index is 13.3. The average Bonchev–Trinajstić information content (AvgIpc) is 2.42. The van der Waals surface area contributed by atoms with Gasteiger partial charge in [0.15, 0.2) is 0 Å². The van der Waals surface area contributed by atoms with Crippen molar-refractivity contribution in [2.45, 2.75) is 13.0 Å². The molecule has 1 amide bonds. The Bertz CT molecular complexity index is 586. The monoisotopic (exact) mass is 259 g/mol. The number of rotatable bonds is 3. The molecule has 1 heterocycles. The number of nitrogens with one attached hydrogen (secondary N) is 1. The molecule has 0 aliphatic carbocycles. The van der Waals surface area contributed by atoms with Gasteiger partial charge in [0, 0.05) is 12.4 Å². The number of amides is 1. The lowest BCUT2D eigenvalue weighted by molar-refractivity contribution is 0.0940. The van der Waals surface area contributed by atoms with Crippen molar-refractivity contribution in [3.05, 3.63) is 59.7 Å². The Labute approximate surface area is 110 Å². The Morgan fingerprint density at radius 1 is 1.32 bits per heavy atom. The summed E-state index contributed by atoms with van der Waals surface area (Å²) >= 11 is 0. The van der Waals surface area contributed by atoms with E-state index in [0.29, 0.717) is 0 Å². The lowest BCUT2D eigenvalue weighted by Gasteiger charge is -2.15. The first kappa shape index (κ1) is 13.0. The van der Waals surface area contributed by atoms with E-state index < -0.39 is 11.7 Å². The Morgan fingerprint density at radius 3 is 2.68 bits per heavy atom. The molecule has 0 radical (unpaired) electrons. The number of pyridine rings is 1. The van der Waals surface area contributed by atoms with Gasteiger partial charge in [-0.1, -0.05) is 6.07 Å². The van der Waals surface area contributed by atoms with Gasteiger partial charge in [-0.25, -0.2) is 4.39 Å². The van der Waals surface area contributed by atoms with Crippen molar-refractivity contribution < 1.29 is 9.18 Å². The van der Waals surface area contributed by atoms with Crippen molar-refractivity contribution >= 4 is 11.6 Å². The summed E-state index contributed by atoms with van der Waals surface area (Å²) in [5.41, 5.74) is 6.47. The summed E-state index contributed by atoms with van der Waals surface area (Å²) in [7, 11) is 0. The summed E-state index contributed by atoms with van der Waals surface area (Å²) in [6.45, 7) is 1.84. The van der Waals surface area contributed by atoms with E-state index in [4.69, 9.17) is 5.73 Å². The van der Waals surface area contributed by atoms with Crippen LogP contribution in [0, 0.1) is 5.82 Å². The zero-order valence-electron chi connectivity index (χ0n) is 10.4. The van der Waals surface area contributed by atoms with Crippen molar-refractivity contribution in [1.82, 2.24) is 10.3 Å². The Hall–Kier alpha value is -2.43. The average molecular weight is 259 g/mol. The largest absolute Gasteiger partial charge is 0.396 e. The highest BCUT2D eigenvalue weighted by atomic mass is 19.1. The first-order valence-corrected chi connectivity index (χ1v) is 5.84. The second kappa shape index (κ2) is 5.48. The van der Waals surface area contributed by atoms with Gasteiger partial charge in [-0.3, -0.25) is 9.78 Å². The number of hydrogen-bond acceptors (Lipinski definition) is 3. The van der Waals surface area contributed by atoms with Crippen LogP contribution in [-0.4, -0.2) is 10.9 Å². The van der Waals surface area contributed by atoms with Crippen molar-refractivity contribution in [1.29, 1.82) is 0 Å². The molecule has 0 fully saturated rings. The van der Waals surface area contributed by atoms with Crippen molar-refractivity contribution in [3.63, 3.8) is 0 Å². The third-order valence-corrected chi connectivity index (χ3v) is 2.85. The molecule has 0 aliphatic rings. The molecule has 98 valence electrons. The van der Waals surface area contributed by atoms with E-state index in [1.807, 2.05) is 6.92 Å². The molecule has 1 aromatic carbocycles. The molecular weight excluding hydrogens is 245 g/mol. The van der Waals surface area contributed by atoms with Crippen LogP contribution in [0.2, 0.25) is 0 Å². The summed E-state index contributed by atoms with van der Waals surface area (Å²) in [4.78, 5) is 15.9. The van der Waals surface area contributed by atoms with E-state index in [9.17, 15) is 9.18 Å². The van der Waals surface area contributed by atoms with E-state index in [-0.39, 0.29) is 17.3 Å². The molecule has 1 unspecified atom stereocenters. The molecule has 4 nitrogen and oxygen atoms in total. The first-order chi connectivity index (χ1) is 9.09. The van der Waals surface area contributed by atoms with E-state index in [1.165, 1.54) is 18.2 Å². The number of nitrogens with zero attached hydrogens (tertiary/aromatic N) is 1. The zero-order chi connectivity index (χ0) is 13.8. The molecule has 0 bridgehead atoms. The van der Waals surface area contributed by atoms with E-state index >= 15 is 0 Å². The molecule has 1 aromatic heterocycles. The summed E-state index contributed by atoms with van der Waals surface area (Å²) in [5.74, 6) is -0.995. The van der Waals surface area contributed by atoms with Gasteiger partial charge >= 0.3 is 0 Å². The van der Waals surface area contributed by atoms with Crippen LogP contribution in [0.1, 0.15) is 28.9 Å². The predicted molar refractivity (Wildman–Crippen MR) is 70.9 cm³/mol. The molecule has 1 atom stereocenters. The second-order valence-corrected chi connectivity index (χ2v) is 4.18. The quantitative estimate of drug-likeness (QED) is 0.831. The standard InChI is InChI=1S/C14H14FN3O/c1-9(10-5-7-17-8-6-10)18-14(19)11-3-2-4-12(15)13(11)16/h2-9H,16H2,1H3,(H,18,19). The fraction of sp³-hybridized carbons (Fsp3) is 0.143. The highest BCUT2D eigenvalue weighted by Gasteiger charge is 2.15. The van der Waals surface area contributed by atoms with Gasteiger partial charge in [-0.15, -0.1) is 0 Å². The van der Waals surface area contributed by atoms with Crippen molar-refractivity contribution in [3.8, 4) is 0 Å². The highest BCUT2D eigenvalue weighted by Crippen LogP contribution is 2.17. The molecule has 5 heteroatoms. The van der Waals surface area contributed by atoms with Crippen LogP contribution in [0.5, 0.6) is 0 Å². The molecule has 0 aliphatic heterocycles. The third-order valence-electron chi connectivity index (χ3n) is 2.85. The van der Waals surface area contributed by atoms with Gasteiger partial charge in [0.25, 0.3) is 5.91 Å². The summed E-state index contributed by atoms with van der Waals surface area (Å²) in [6, 6.07) is 7.57. The number of anilines is 1. The van der Waals surface area contributed by atoms with E-state index in [2.05, 4.69) is 10.3 Å². The number of benzene rings is 1. The lowest BCUT2D eigenvalue weighted by atomic mass is 10.1. The fourth-order valence-corrected chi connectivity index (χ4v) is 1.74. The summed E-state index contributed by atoms with van der Waals surface area (Å²) < 4.78 is 13.3. The Morgan fingerprint density at radius 2 is 2.00 bits per heavy atom. The van der Waals surface area contributed by atoms with Crippen LogP contribution in [0.25, 0.3) is 0 Å². The minimum absolute atomic E-state index is 0.137. The molecule has 0 saturated heterocycles. The predicted octanol–water partition coefficient (Wildman–Crippen LogP) is 2.29. The Balaban J connectivity index is 2.16. The number of nitrogen functional groups attached to an aromatic ring is 1. The number of carbonyl (C=O) groups excluding carboxylic acids is 1. The molecule has 0 spiro atoms. The number of hydrogen-bond donors (Lipinski definition) is 2. The van der Waals surface area contributed by atoms with E-state index in [1.54, 1.807) is 24.5 Å². The smallest absolute Gasteiger partial charge is 0.253 e. The SMILES string of the molecule is CC(NC(=O)c1cccc(F)c1N)c1ccncc1. The van der Waals surface area contributed by atoms with Crippen LogP contribution in [0.4, 0.5) is 10.1 Å². The van der Waals surface area contributed by atoms with Gasteiger partial charge in [0.1, 0.15) is 5.82 Å². The van der Waals surface area contributed by atoms with Crippen molar-refractivity contribution in [2.24, 2.45) is 0 Å². The number of para-hydroxylation sites is 1. The van der Waals surface area contributed by atoms with Crippen LogP contribution < -0.4 is 11.1 Å². The molecule has 2 rings (SSSR count). The van der Waals surface area contributed by atoms with Crippen LogP contribution in [-0.2, 0) is 0 Å². The van der Waals surface area contributed by atoms with Crippen molar-refractivity contribution in [2.75, 3.05) is 5.73 Å². The lowest BCUT2D eigenvalue weighted by Crippen LogP contribution is -2.27. The Kier molecular flexibility index (Phi) is 3.75. The zero-order valence-corrected chi connectivity index (χ0v) is 10.4. The van der Waals surface area contributed by atoms with Gasteiger partial charge in [-0.2, -0.15) is 0 Å². The van der Waals surface area contributed by atoms with Gasteiger partial charge < -0.3 is 11.1 Å². The van der Waals surface area contributed by atoms with Gasteiger partial charge in [-0.05, 0) is 36.8 Å². The molecule has 2 aromatic rings. The van der Waals surface area contributed by atoms with Crippen LogP contribution in [0.15, 0.2) is 42.7 Å². The molecule has 0 saturated carbocycles. The first-order valence-electron chi connectivity index (χ1n) is 5.84. The maximum atomic E-state index is 13.3. The second-order valence-electron chi connectivity index (χ2n) is 4.18. The molecule has 3 N–H and O–H groups in total. The van der Waals surface area contributed by atoms with Crippen LogP contribution in [0.3, 0.4) is 0 Å². The minimum Gasteiger partial charge on any atom is -0.396 e. The fourth-order valence-electron chi connectivity index (χ4n) is 1.74. The number of halogens is 1. The normalized spacial score (nSPS) is 11.9. The van der Waals surface area contributed by atoms with E-state index in [0.717, 1.165) is 5.56 Å². The topological polar surface area (TPSA) is 68.0 Å². The van der Waals surface area contributed by atoms with Crippen LogP contribution >= 0.6 is 0 Å². The molecule has 19 heavy (non-hydrogen) atoms. The number of carbonyl (C=O) groups is 1. The molecular formula is C14H14FN3O. The minimum atomic E-state index is -0.593. The highest BCUT2D eigenvalue weighted by molar-refractivity contribution is 5.99. The number of aromatic nitrogens is 1. The van der Waals surface area contributed by atoms with Gasteiger partial charge in [0.05, 0.1) is 17.3 Å². The summed E-state index contributed by atoms with van der Waals surface area (Å²) in [6.07, 6.45) is 3.29. The maximum Gasteiger partial charge on any atom is 0.253 e. The van der Waals surface area contributed by atoms with Gasteiger partial charge in [0.2, 0.25) is 0 Å². The summed E-state index contributed by atoms with van der Waals surface area (Å²) in [5, 5.41) is 2.77. The third kappa shape index (κ3) is 2.88. The number of nitrogens with two attached hydrogens (primary N) is 1.